The van der Waals surface area contributed by atoms with E-state index >= 15 is 0 Å². The zero-order valence-electron chi connectivity index (χ0n) is 6.75. The molecule has 0 spiro atoms. The maximum Gasteiger partial charge on any atom is 0.233 e. The fraction of sp³-hybridized carbons (Fsp3) is 0. The van der Waals surface area contributed by atoms with Gasteiger partial charge in [0.1, 0.15) is 0 Å². The van der Waals surface area contributed by atoms with Gasteiger partial charge in [0.2, 0.25) is 6.29 Å². The second kappa shape index (κ2) is 3.19. The van der Waals surface area contributed by atoms with Crippen molar-refractivity contribution in [2.75, 3.05) is 0 Å². The van der Waals surface area contributed by atoms with Gasteiger partial charge in [0.25, 0.3) is 0 Å². The monoisotopic (exact) mass is 189 g/mol. The fourth-order valence-corrected chi connectivity index (χ4v) is 1.55. The third-order valence-corrected chi connectivity index (χ3v) is 2.27. The Balaban J connectivity index is 2.79. The van der Waals surface area contributed by atoms with Crippen LogP contribution in [0.1, 0.15) is 5.56 Å². The van der Waals surface area contributed by atoms with E-state index in [0.29, 0.717) is 10.6 Å². The molecule has 0 unspecified atom stereocenters. The summed E-state index contributed by atoms with van der Waals surface area (Å²) in [6.45, 7) is 0. The molecule has 2 aromatic rings. The Labute approximate surface area is 80.9 Å². The normalized spacial score (nSPS) is 10.2. The van der Waals surface area contributed by atoms with Gasteiger partial charge in [-0.3, -0.25) is 4.79 Å². The van der Waals surface area contributed by atoms with Gasteiger partial charge in [-0.1, -0.05) is 35.9 Å². The molecule has 63 valence electrons. The summed E-state index contributed by atoms with van der Waals surface area (Å²) in [6.07, 6.45) is 1.85. The van der Waals surface area contributed by atoms with Crippen molar-refractivity contribution in [2.24, 2.45) is 0 Å². The molecule has 0 atom stereocenters. The van der Waals surface area contributed by atoms with E-state index in [-0.39, 0.29) is 0 Å². The van der Waals surface area contributed by atoms with E-state index in [4.69, 9.17) is 11.6 Å². The lowest BCUT2D eigenvalue weighted by molar-refractivity contribution is 0.563. The van der Waals surface area contributed by atoms with Crippen LogP contribution in [-0.2, 0) is 4.79 Å². The van der Waals surface area contributed by atoms with Gasteiger partial charge in [-0.2, -0.15) is 0 Å². The highest BCUT2D eigenvalue weighted by Crippen LogP contribution is 2.23. The Morgan fingerprint density at radius 1 is 1.15 bits per heavy atom. The molecule has 0 bridgehead atoms. The van der Waals surface area contributed by atoms with Gasteiger partial charge in [-0.25, -0.2) is 0 Å². The molecule has 1 radical (unpaired) electrons. The summed E-state index contributed by atoms with van der Waals surface area (Å²) in [5.74, 6) is 0. The molecule has 0 fully saturated rings. The highest BCUT2D eigenvalue weighted by molar-refractivity contribution is 6.35. The van der Waals surface area contributed by atoms with E-state index < -0.39 is 0 Å². The molecule has 0 saturated carbocycles. The molecule has 0 aromatic heterocycles. The van der Waals surface area contributed by atoms with Crippen molar-refractivity contribution < 1.29 is 4.79 Å². The molecule has 0 amide bonds. The van der Waals surface area contributed by atoms with Crippen molar-refractivity contribution in [3.05, 3.63) is 47.0 Å². The van der Waals surface area contributed by atoms with Crippen molar-refractivity contribution in [3.8, 4) is 0 Å². The van der Waals surface area contributed by atoms with Gasteiger partial charge >= 0.3 is 0 Å². The number of hydrogen-bond acceptors (Lipinski definition) is 1. The minimum atomic E-state index is 0.551. The second-order valence-corrected chi connectivity index (χ2v) is 3.19. The van der Waals surface area contributed by atoms with Gasteiger partial charge in [0.05, 0.1) is 0 Å². The first-order chi connectivity index (χ1) is 6.31. The van der Waals surface area contributed by atoms with Crippen LogP contribution >= 0.6 is 11.6 Å². The quantitative estimate of drug-likeness (QED) is 0.674. The zero-order chi connectivity index (χ0) is 9.26. The Hall–Kier alpha value is -1.34. The van der Waals surface area contributed by atoms with E-state index in [1.54, 1.807) is 12.1 Å². The van der Waals surface area contributed by atoms with Crippen LogP contribution in [0.15, 0.2) is 36.4 Å². The summed E-state index contributed by atoms with van der Waals surface area (Å²) in [5, 5.41) is 2.63. The van der Waals surface area contributed by atoms with Crippen LogP contribution in [0.3, 0.4) is 0 Å². The van der Waals surface area contributed by atoms with E-state index in [1.165, 1.54) is 0 Å². The highest BCUT2D eigenvalue weighted by atomic mass is 35.5. The third-order valence-electron chi connectivity index (χ3n) is 1.95. The zero-order valence-corrected chi connectivity index (χ0v) is 7.51. The summed E-state index contributed by atoms with van der Waals surface area (Å²) in [7, 11) is 0. The molecule has 0 saturated heterocycles. The van der Waals surface area contributed by atoms with Gasteiger partial charge in [-0.05, 0) is 17.5 Å². The first-order valence-electron chi connectivity index (χ1n) is 3.88. The SMILES string of the molecule is O=[C]c1ccc2c(Cl)cccc2c1. The molecule has 2 heteroatoms. The second-order valence-electron chi connectivity index (χ2n) is 2.78. The molecule has 2 aromatic carbocycles. The van der Waals surface area contributed by atoms with Crippen molar-refractivity contribution in [1.82, 2.24) is 0 Å². The standard InChI is InChI=1S/C11H6ClO/c12-11-3-1-2-9-6-8(7-13)4-5-10(9)11/h1-6H. The van der Waals surface area contributed by atoms with E-state index in [9.17, 15) is 4.79 Å². The highest BCUT2D eigenvalue weighted by Gasteiger charge is 1.98. The van der Waals surface area contributed by atoms with Crippen molar-refractivity contribution in [3.63, 3.8) is 0 Å². The maximum absolute atomic E-state index is 10.4. The molecule has 13 heavy (non-hydrogen) atoms. The number of benzene rings is 2. The topological polar surface area (TPSA) is 17.1 Å². The smallest absolute Gasteiger partial charge is 0.233 e. The minimum absolute atomic E-state index is 0.551. The third kappa shape index (κ3) is 1.43. The molecule has 1 nitrogen and oxygen atoms in total. The number of rotatable bonds is 1. The molecule has 0 heterocycles. The van der Waals surface area contributed by atoms with Crippen LogP contribution in [-0.4, -0.2) is 6.29 Å². The minimum Gasteiger partial charge on any atom is -0.285 e. The first-order valence-corrected chi connectivity index (χ1v) is 4.25. The van der Waals surface area contributed by atoms with Crippen LogP contribution in [0.4, 0.5) is 0 Å². The fourth-order valence-electron chi connectivity index (χ4n) is 1.31. The predicted molar refractivity (Wildman–Crippen MR) is 53.8 cm³/mol. The van der Waals surface area contributed by atoms with Crippen LogP contribution in [0.2, 0.25) is 5.02 Å². The molecular formula is C11H6ClO. The van der Waals surface area contributed by atoms with Gasteiger partial charge in [0, 0.05) is 16.0 Å². The van der Waals surface area contributed by atoms with Crippen LogP contribution in [0, 0.1) is 0 Å². The molecular weight excluding hydrogens is 184 g/mol. The van der Waals surface area contributed by atoms with E-state index in [0.717, 1.165) is 10.8 Å². The van der Waals surface area contributed by atoms with Crippen LogP contribution in [0.25, 0.3) is 10.8 Å². The Kier molecular flexibility index (Phi) is 2.03. The number of fused-ring (bicyclic) bond motifs is 1. The Morgan fingerprint density at radius 2 is 2.00 bits per heavy atom. The van der Waals surface area contributed by atoms with Gasteiger partial charge in [-0.15, -0.1) is 0 Å². The van der Waals surface area contributed by atoms with Crippen LogP contribution in [0.5, 0.6) is 0 Å². The summed E-state index contributed by atoms with van der Waals surface area (Å²) in [4.78, 5) is 10.4. The maximum atomic E-state index is 10.4. The Bertz CT molecular complexity index is 463. The predicted octanol–water partition coefficient (Wildman–Crippen LogP) is 2.95. The van der Waals surface area contributed by atoms with Crippen LogP contribution < -0.4 is 0 Å². The van der Waals surface area contributed by atoms with Gasteiger partial charge < -0.3 is 0 Å². The summed E-state index contributed by atoms with van der Waals surface area (Å²) in [6, 6.07) is 10.9. The Morgan fingerprint density at radius 3 is 2.77 bits per heavy atom. The average Bonchev–Trinajstić information content (AvgIpc) is 2.18. The lowest BCUT2D eigenvalue weighted by Crippen LogP contribution is -1.80. The van der Waals surface area contributed by atoms with Gasteiger partial charge in [0.15, 0.2) is 0 Å². The summed E-state index contributed by atoms with van der Waals surface area (Å²) < 4.78 is 0. The summed E-state index contributed by atoms with van der Waals surface area (Å²) in [5.41, 5.74) is 0.551. The van der Waals surface area contributed by atoms with Crippen molar-refractivity contribution in [2.45, 2.75) is 0 Å². The molecule has 0 aliphatic carbocycles. The molecule has 0 aliphatic rings. The molecule has 0 aliphatic heterocycles. The average molecular weight is 190 g/mol. The largest absolute Gasteiger partial charge is 0.285 e. The molecule has 2 rings (SSSR count). The van der Waals surface area contributed by atoms with Crippen molar-refractivity contribution >= 4 is 28.7 Å². The van der Waals surface area contributed by atoms with Crippen molar-refractivity contribution in [1.29, 1.82) is 0 Å². The lowest BCUT2D eigenvalue weighted by Gasteiger charge is -1.99. The lowest BCUT2D eigenvalue weighted by atomic mass is 10.1. The first kappa shape index (κ1) is 8.27. The molecule has 0 N–H and O–H groups in total. The van der Waals surface area contributed by atoms with E-state index in [1.807, 2.05) is 30.6 Å². The number of carbonyl (C=O) groups excluding carboxylic acids is 1. The summed E-state index contributed by atoms with van der Waals surface area (Å²) >= 11 is 5.95. The number of hydrogen-bond donors (Lipinski definition) is 0. The van der Waals surface area contributed by atoms with E-state index in [2.05, 4.69) is 0 Å². The number of halogens is 1.